The van der Waals surface area contributed by atoms with Crippen LogP contribution in [0.5, 0.6) is 0 Å². The molecule has 0 bridgehead atoms. The summed E-state index contributed by atoms with van der Waals surface area (Å²) < 4.78 is 5.74. The Balaban J connectivity index is 2.42. The Hall–Kier alpha value is -1.09. The highest BCUT2D eigenvalue weighted by atomic mass is 16.5. The molecular weight excluding hydrogens is 212 g/mol. The SMILES string of the molecule is CCCNc1cccc(COC(C)CCC)n1. The lowest BCUT2D eigenvalue weighted by atomic mass is 10.2. The van der Waals surface area contributed by atoms with Crippen LogP contribution in [0.2, 0.25) is 0 Å². The van der Waals surface area contributed by atoms with E-state index in [2.05, 4.69) is 31.1 Å². The number of nitrogens with zero attached hydrogens (tertiary/aromatic N) is 1. The van der Waals surface area contributed by atoms with Gasteiger partial charge in [-0.2, -0.15) is 0 Å². The van der Waals surface area contributed by atoms with Gasteiger partial charge in [-0.15, -0.1) is 0 Å². The van der Waals surface area contributed by atoms with Crippen molar-refractivity contribution in [3.8, 4) is 0 Å². The van der Waals surface area contributed by atoms with Crippen LogP contribution in [0.1, 0.15) is 45.7 Å². The van der Waals surface area contributed by atoms with Gasteiger partial charge in [-0.1, -0.05) is 26.3 Å². The van der Waals surface area contributed by atoms with Crippen LogP contribution >= 0.6 is 0 Å². The Morgan fingerprint density at radius 3 is 2.82 bits per heavy atom. The monoisotopic (exact) mass is 236 g/mol. The molecule has 3 nitrogen and oxygen atoms in total. The highest BCUT2D eigenvalue weighted by Crippen LogP contribution is 2.09. The fourth-order valence-corrected chi connectivity index (χ4v) is 1.63. The molecule has 1 rings (SSSR count). The van der Waals surface area contributed by atoms with Crippen LogP contribution in [0.15, 0.2) is 18.2 Å². The number of hydrogen-bond acceptors (Lipinski definition) is 3. The maximum Gasteiger partial charge on any atom is 0.126 e. The normalized spacial score (nSPS) is 12.4. The first kappa shape index (κ1) is 14.0. The Bertz CT molecular complexity index is 315. The summed E-state index contributed by atoms with van der Waals surface area (Å²) in [4.78, 5) is 4.51. The molecule has 0 spiro atoms. The van der Waals surface area contributed by atoms with Crippen molar-refractivity contribution in [2.24, 2.45) is 0 Å². The molecule has 0 aliphatic rings. The van der Waals surface area contributed by atoms with Gasteiger partial charge in [0.25, 0.3) is 0 Å². The summed E-state index contributed by atoms with van der Waals surface area (Å²) in [5, 5.41) is 3.28. The molecule has 0 fully saturated rings. The van der Waals surface area contributed by atoms with Crippen molar-refractivity contribution in [2.45, 2.75) is 52.7 Å². The van der Waals surface area contributed by atoms with Crippen molar-refractivity contribution in [1.82, 2.24) is 4.98 Å². The third-order valence-electron chi connectivity index (χ3n) is 2.57. The van der Waals surface area contributed by atoms with E-state index in [4.69, 9.17) is 4.74 Å². The highest BCUT2D eigenvalue weighted by Gasteiger charge is 2.02. The summed E-state index contributed by atoms with van der Waals surface area (Å²) in [6.45, 7) is 7.99. The molecule has 1 unspecified atom stereocenters. The van der Waals surface area contributed by atoms with E-state index < -0.39 is 0 Å². The standard InChI is InChI=1S/C14H24N2O/c1-4-7-12(3)17-11-13-8-6-9-14(16-13)15-10-5-2/h6,8-9,12H,4-5,7,10-11H2,1-3H3,(H,15,16). The Morgan fingerprint density at radius 2 is 2.12 bits per heavy atom. The van der Waals surface area contributed by atoms with E-state index in [1.165, 1.54) is 0 Å². The first-order valence-corrected chi connectivity index (χ1v) is 6.57. The van der Waals surface area contributed by atoms with E-state index in [0.29, 0.717) is 12.7 Å². The van der Waals surface area contributed by atoms with Gasteiger partial charge in [0.2, 0.25) is 0 Å². The maximum absolute atomic E-state index is 5.74. The zero-order valence-electron chi connectivity index (χ0n) is 11.2. The van der Waals surface area contributed by atoms with Crippen molar-refractivity contribution in [1.29, 1.82) is 0 Å². The van der Waals surface area contributed by atoms with E-state index in [1.807, 2.05) is 18.2 Å². The Labute approximate surface area is 105 Å². The molecule has 0 amide bonds. The zero-order chi connectivity index (χ0) is 12.5. The summed E-state index contributed by atoms with van der Waals surface area (Å²) in [5.74, 6) is 0.941. The van der Waals surface area contributed by atoms with Gasteiger partial charge < -0.3 is 10.1 Å². The minimum atomic E-state index is 0.314. The largest absolute Gasteiger partial charge is 0.372 e. The van der Waals surface area contributed by atoms with Gasteiger partial charge in [-0.25, -0.2) is 4.98 Å². The molecule has 1 atom stereocenters. The smallest absolute Gasteiger partial charge is 0.126 e. The predicted molar refractivity (Wildman–Crippen MR) is 72.2 cm³/mol. The molecule has 0 saturated carbocycles. The second-order valence-corrected chi connectivity index (χ2v) is 4.35. The highest BCUT2D eigenvalue weighted by molar-refractivity contribution is 5.34. The van der Waals surface area contributed by atoms with E-state index in [0.717, 1.165) is 37.3 Å². The number of hydrogen-bond donors (Lipinski definition) is 1. The second-order valence-electron chi connectivity index (χ2n) is 4.35. The van der Waals surface area contributed by atoms with Crippen molar-refractivity contribution in [3.63, 3.8) is 0 Å². The fraction of sp³-hybridized carbons (Fsp3) is 0.643. The minimum absolute atomic E-state index is 0.314. The Kier molecular flexibility index (Phi) is 6.63. The van der Waals surface area contributed by atoms with Crippen LogP contribution in [-0.2, 0) is 11.3 Å². The number of aromatic nitrogens is 1. The minimum Gasteiger partial charge on any atom is -0.372 e. The molecule has 96 valence electrons. The van der Waals surface area contributed by atoms with Gasteiger partial charge in [-0.05, 0) is 31.9 Å². The molecule has 0 aromatic carbocycles. The van der Waals surface area contributed by atoms with Crippen LogP contribution < -0.4 is 5.32 Å². The third kappa shape index (κ3) is 5.68. The first-order valence-electron chi connectivity index (χ1n) is 6.57. The fourth-order valence-electron chi connectivity index (χ4n) is 1.63. The third-order valence-corrected chi connectivity index (χ3v) is 2.57. The van der Waals surface area contributed by atoms with Gasteiger partial charge in [0.1, 0.15) is 5.82 Å². The van der Waals surface area contributed by atoms with Crippen LogP contribution in [0.25, 0.3) is 0 Å². The Morgan fingerprint density at radius 1 is 1.29 bits per heavy atom. The molecule has 1 heterocycles. The van der Waals surface area contributed by atoms with Gasteiger partial charge in [-0.3, -0.25) is 0 Å². The van der Waals surface area contributed by atoms with Crippen LogP contribution in [0.3, 0.4) is 0 Å². The molecule has 1 aromatic rings. The van der Waals surface area contributed by atoms with Crippen LogP contribution in [0.4, 0.5) is 5.82 Å². The van der Waals surface area contributed by atoms with Crippen molar-refractivity contribution in [3.05, 3.63) is 23.9 Å². The number of pyridine rings is 1. The molecular formula is C14H24N2O. The van der Waals surface area contributed by atoms with E-state index in [-0.39, 0.29) is 0 Å². The molecule has 1 aromatic heterocycles. The molecule has 3 heteroatoms. The van der Waals surface area contributed by atoms with E-state index in [1.54, 1.807) is 0 Å². The maximum atomic E-state index is 5.74. The lowest BCUT2D eigenvalue weighted by Gasteiger charge is -2.12. The molecule has 0 aliphatic heterocycles. The number of ether oxygens (including phenoxy) is 1. The average molecular weight is 236 g/mol. The quantitative estimate of drug-likeness (QED) is 0.748. The van der Waals surface area contributed by atoms with Gasteiger partial charge >= 0.3 is 0 Å². The predicted octanol–water partition coefficient (Wildman–Crippen LogP) is 3.61. The van der Waals surface area contributed by atoms with Crippen LogP contribution in [0, 0.1) is 0 Å². The lowest BCUT2D eigenvalue weighted by Crippen LogP contribution is -2.09. The molecule has 17 heavy (non-hydrogen) atoms. The molecule has 0 aliphatic carbocycles. The topological polar surface area (TPSA) is 34.1 Å². The van der Waals surface area contributed by atoms with Gasteiger partial charge in [0.15, 0.2) is 0 Å². The van der Waals surface area contributed by atoms with Crippen molar-refractivity contribution >= 4 is 5.82 Å². The van der Waals surface area contributed by atoms with Crippen molar-refractivity contribution in [2.75, 3.05) is 11.9 Å². The summed E-state index contributed by atoms with van der Waals surface area (Å²) in [7, 11) is 0. The van der Waals surface area contributed by atoms with Crippen molar-refractivity contribution < 1.29 is 4.74 Å². The zero-order valence-corrected chi connectivity index (χ0v) is 11.2. The van der Waals surface area contributed by atoms with E-state index in [9.17, 15) is 0 Å². The summed E-state index contributed by atoms with van der Waals surface area (Å²) in [6.07, 6.45) is 3.69. The number of nitrogens with one attached hydrogen (secondary N) is 1. The number of rotatable bonds is 8. The lowest BCUT2D eigenvalue weighted by molar-refractivity contribution is 0.0453. The number of anilines is 1. The average Bonchev–Trinajstić information content (AvgIpc) is 2.35. The van der Waals surface area contributed by atoms with Gasteiger partial charge in [0.05, 0.1) is 18.4 Å². The van der Waals surface area contributed by atoms with Crippen LogP contribution in [-0.4, -0.2) is 17.6 Å². The molecule has 0 saturated heterocycles. The first-order chi connectivity index (χ1) is 8.26. The summed E-state index contributed by atoms with van der Waals surface area (Å²) >= 11 is 0. The summed E-state index contributed by atoms with van der Waals surface area (Å²) in [6, 6.07) is 6.03. The summed E-state index contributed by atoms with van der Waals surface area (Å²) in [5.41, 5.74) is 0.994. The molecule has 1 N–H and O–H groups in total. The van der Waals surface area contributed by atoms with Gasteiger partial charge in [0, 0.05) is 6.54 Å². The second kappa shape index (κ2) is 8.07. The van der Waals surface area contributed by atoms with E-state index >= 15 is 0 Å². The molecule has 0 radical (unpaired) electrons.